The van der Waals surface area contributed by atoms with E-state index in [4.69, 9.17) is 0 Å². The zero-order valence-electron chi connectivity index (χ0n) is 12.4. The molecule has 0 aliphatic rings. The van der Waals surface area contributed by atoms with Crippen LogP contribution in [0.5, 0.6) is 0 Å². The van der Waals surface area contributed by atoms with Gasteiger partial charge in [0.25, 0.3) is 0 Å². The van der Waals surface area contributed by atoms with Crippen molar-refractivity contribution >= 4 is 17.2 Å². The van der Waals surface area contributed by atoms with Crippen molar-refractivity contribution < 1.29 is 9.90 Å². The molecule has 0 fully saturated rings. The molecule has 0 spiro atoms. The number of carbonyl (C=O) groups excluding carboxylic acids is 1. The molecule has 1 amide bonds. The highest BCUT2D eigenvalue weighted by Gasteiger charge is 2.24. The molecule has 1 aromatic carbocycles. The van der Waals surface area contributed by atoms with E-state index in [0.717, 1.165) is 11.1 Å². The Morgan fingerprint density at radius 2 is 2.05 bits per heavy atom. The Morgan fingerprint density at radius 3 is 2.67 bits per heavy atom. The molecular weight excluding hydrogens is 282 g/mol. The number of carbonyl (C=O) groups is 1. The minimum atomic E-state index is -1.02. The summed E-state index contributed by atoms with van der Waals surface area (Å²) in [5.74, 6) is 0.124. The van der Waals surface area contributed by atoms with Gasteiger partial charge in [0.2, 0.25) is 5.91 Å². The molecule has 2 atom stereocenters. The molecule has 0 saturated heterocycles. The summed E-state index contributed by atoms with van der Waals surface area (Å²) in [6.45, 7) is 3.98. The molecule has 1 aromatic heterocycles. The van der Waals surface area contributed by atoms with Crippen molar-refractivity contribution in [3.05, 3.63) is 58.3 Å². The Morgan fingerprint density at radius 1 is 1.33 bits per heavy atom. The molecule has 0 bridgehead atoms. The van der Waals surface area contributed by atoms with Crippen LogP contribution >= 0.6 is 11.3 Å². The van der Waals surface area contributed by atoms with Gasteiger partial charge in [-0.3, -0.25) is 4.79 Å². The van der Waals surface area contributed by atoms with Crippen LogP contribution in [-0.4, -0.2) is 17.6 Å². The molecule has 2 N–H and O–H groups in total. The maximum Gasteiger partial charge on any atom is 0.220 e. The normalized spacial score (nSPS) is 15.2. The van der Waals surface area contributed by atoms with Gasteiger partial charge >= 0.3 is 0 Å². The molecule has 2 aromatic rings. The van der Waals surface area contributed by atoms with Gasteiger partial charge < -0.3 is 10.4 Å². The first-order chi connectivity index (χ1) is 9.99. The van der Waals surface area contributed by atoms with Gasteiger partial charge in [-0.1, -0.05) is 37.3 Å². The van der Waals surface area contributed by atoms with Crippen LogP contribution in [0.15, 0.2) is 47.2 Å². The second kappa shape index (κ2) is 6.87. The first kappa shape index (κ1) is 15.7. The van der Waals surface area contributed by atoms with E-state index in [-0.39, 0.29) is 18.4 Å². The van der Waals surface area contributed by atoms with Crippen molar-refractivity contribution in [2.24, 2.45) is 0 Å². The molecule has 112 valence electrons. The zero-order valence-corrected chi connectivity index (χ0v) is 13.2. The topological polar surface area (TPSA) is 49.3 Å². The molecule has 0 aliphatic carbocycles. The van der Waals surface area contributed by atoms with Gasteiger partial charge in [0.05, 0.1) is 6.54 Å². The fourth-order valence-corrected chi connectivity index (χ4v) is 2.98. The third-order valence-corrected chi connectivity index (χ3v) is 4.32. The Labute approximate surface area is 129 Å². The largest absolute Gasteiger partial charge is 0.384 e. The molecule has 4 heteroatoms. The predicted octanol–water partition coefficient (Wildman–Crippen LogP) is 3.27. The fraction of sp³-hybridized carbons (Fsp3) is 0.353. The second-order valence-corrected chi connectivity index (χ2v) is 6.36. The summed E-state index contributed by atoms with van der Waals surface area (Å²) in [4.78, 5) is 12.0. The van der Waals surface area contributed by atoms with Crippen molar-refractivity contribution in [1.29, 1.82) is 0 Å². The maximum absolute atomic E-state index is 12.0. The quantitative estimate of drug-likeness (QED) is 0.860. The Hall–Kier alpha value is -1.65. The lowest BCUT2D eigenvalue weighted by molar-refractivity contribution is -0.122. The van der Waals surface area contributed by atoms with Crippen molar-refractivity contribution in [3.63, 3.8) is 0 Å². The highest BCUT2D eigenvalue weighted by atomic mass is 32.1. The van der Waals surface area contributed by atoms with Crippen molar-refractivity contribution in [2.75, 3.05) is 6.54 Å². The number of hydrogen-bond donors (Lipinski definition) is 2. The van der Waals surface area contributed by atoms with Crippen LogP contribution in [0.1, 0.15) is 37.3 Å². The standard InChI is InChI=1S/C17H21NO2S/c1-13(14-6-4-3-5-7-14)10-16(19)18-12-17(2,20)15-8-9-21-11-15/h3-9,11,13,20H,10,12H2,1-2H3,(H,18,19). The highest BCUT2D eigenvalue weighted by Crippen LogP contribution is 2.22. The smallest absolute Gasteiger partial charge is 0.220 e. The molecule has 1 heterocycles. The molecule has 21 heavy (non-hydrogen) atoms. The van der Waals surface area contributed by atoms with Crippen LogP contribution in [0.3, 0.4) is 0 Å². The van der Waals surface area contributed by atoms with Gasteiger partial charge in [0.15, 0.2) is 0 Å². The van der Waals surface area contributed by atoms with Crippen molar-refractivity contribution in [1.82, 2.24) is 5.32 Å². The summed E-state index contributed by atoms with van der Waals surface area (Å²) in [7, 11) is 0. The number of benzene rings is 1. The number of hydrogen-bond acceptors (Lipinski definition) is 3. The maximum atomic E-state index is 12.0. The molecule has 3 nitrogen and oxygen atoms in total. The Kier molecular flexibility index (Phi) is 5.15. The lowest BCUT2D eigenvalue weighted by atomic mass is 9.96. The van der Waals surface area contributed by atoms with E-state index < -0.39 is 5.60 Å². The number of thiophene rings is 1. The van der Waals surface area contributed by atoms with E-state index >= 15 is 0 Å². The fourth-order valence-electron chi connectivity index (χ4n) is 2.19. The number of amides is 1. The minimum Gasteiger partial charge on any atom is -0.384 e. The number of nitrogens with one attached hydrogen (secondary N) is 1. The van der Waals surface area contributed by atoms with Crippen LogP contribution in [0.2, 0.25) is 0 Å². The lowest BCUT2D eigenvalue weighted by Gasteiger charge is -2.23. The van der Waals surface area contributed by atoms with Gasteiger partial charge in [0.1, 0.15) is 5.60 Å². The van der Waals surface area contributed by atoms with Gasteiger partial charge in [-0.05, 0) is 40.8 Å². The lowest BCUT2D eigenvalue weighted by Crippen LogP contribution is -2.38. The van der Waals surface area contributed by atoms with Gasteiger partial charge in [-0.15, -0.1) is 0 Å². The Bertz CT molecular complexity index is 564. The van der Waals surface area contributed by atoms with E-state index in [9.17, 15) is 9.90 Å². The molecular formula is C17H21NO2S. The van der Waals surface area contributed by atoms with E-state index in [1.54, 1.807) is 6.92 Å². The van der Waals surface area contributed by atoms with Crippen LogP contribution in [-0.2, 0) is 10.4 Å². The minimum absolute atomic E-state index is 0.0399. The average Bonchev–Trinajstić information content (AvgIpc) is 3.01. The summed E-state index contributed by atoms with van der Waals surface area (Å²) < 4.78 is 0. The van der Waals surface area contributed by atoms with Gasteiger partial charge in [-0.2, -0.15) is 11.3 Å². The SMILES string of the molecule is CC(CC(=O)NCC(C)(O)c1ccsc1)c1ccccc1. The van der Waals surface area contributed by atoms with E-state index in [1.165, 1.54) is 11.3 Å². The summed E-state index contributed by atoms with van der Waals surface area (Å²) >= 11 is 1.54. The van der Waals surface area contributed by atoms with Crippen LogP contribution < -0.4 is 5.32 Å². The van der Waals surface area contributed by atoms with Gasteiger partial charge in [-0.25, -0.2) is 0 Å². The summed E-state index contributed by atoms with van der Waals surface area (Å²) in [5, 5.41) is 17.0. The molecule has 2 rings (SSSR count). The number of aliphatic hydroxyl groups is 1. The third-order valence-electron chi connectivity index (χ3n) is 3.63. The summed E-state index contributed by atoms with van der Waals surface area (Å²) in [6.07, 6.45) is 0.420. The van der Waals surface area contributed by atoms with Gasteiger partial charge in [0, 0.05) is 6.42 Å². The first-order valence-electron chi connectivity index (χ1n) is 7.06. The van der Waals surface area contributed by atoms with E-state index in [2.05, 4.69) is 5.32 Å². The van der Waals surface area contributed by atoms with E-state index in [0.29, 0.717) is 6.42 Å². The monoisotopic (exact) mass is 303 g/mol. The predicted molar refractivity (Wildman–Crippen MR) is 86.4 cm³/mol. The second-order valence-electron chi connectivity index (χ2n) is 5.58. The number of rotatable bonds is 6. The average molecular weight is 303 g/mol. The first-order valence-corrected chi connectivity index (χ1v) is 8.00. The molecule has 0 aliphatic heterocycles. The molecule has 0 saturated carbocycles. The zero-order chi connectivity index (χ0) is 15.3. The van der Waals surface area contributed by atoms with Crippen molar-refractivity contribution in [2.45, 2.75) is 31.8 Å². The van der Waals surface area contributed by atoms with Crippen molar-refractivity contribution in [3.8, 4) is 0 Å². The summed E-state index contributed by atoms with van der Waals surface area (Å²) in [5.41, 5.74) is 0.965. The third kappa shape index (κ3) is 4.41. The highest BCUT2D eigenvalue weighted by molar-refractivity contribution is 7.08. The molecule has 2 unspecified atom stereocenters. The van der Waals surface area contributed by atoms with Crippen LogP contribution in [0.25, 0.3) is 0 Å². The molecule has 0 radical (unpaired) electrons. The Balaban J connectivity index is 1.85. The van der Waals surface area contributed by atoms with Crippen LogP contribution in [0.4, 0.5) is 0 Å². The van der Waals surface area contributed by atoms with Crippen LogP contribution in [0, 0.1) is 0 Å². The summed E-state index contributed by atoms with van der Waals surface area (Å²) in [6, 6.07) is 11.9. The van der Waals surface area contributed by atoms with E-state index in [1.807, 2.05) is 54.1 Å².